The van der Waals surface area contributed by atoms with Gasteiger partial charge in [-0.3, -0.25) is 19.0 Å². The van der Waals surface area contributed by atoms with E-state index >= 15 is 8.78 Å². The normalized spacial score (nSPS) is 20.8. The molecule has 0 spiro atoms. The highest BCUT2D eigenvalue weighted by Crippen LogP contribution is 2.57. The number of hydrogen-bond acceptors (Lipinski definition) is 7. The van der Waals surface area contributed by atoms with Crippen LogP contribution < -0.4 is 5.32 Å². The zero-order valence-corrected chi connectivity index (χ0v) is 31.4. The van der Waals surface area contributed by atoms with Crippen molar-refractivity contribution in [2.75, 3.05) is 26.7 Å². The van der Waals surface area contributed by atoms with Crippen LogP contribution in [0.5, 0.6) is 0 Å². The molecule has 2 aliphatic heterocycles. The molecule has 57 heavy (non-hydrogen) atoms. The summed E-state index contributed by atoms with van der Waals surface area (Å²) in [7, 11) is 3.56. The molecular formula is C38H39F7N10O2. The van der Waals surface area contributed by atoms with Gasteiger partial charge in [-0.15, -0.1) is 0 Å². The van der Waals surface area contributed by atoms with E-state index in [1.54, 1.807) is 20.9 Å². The van der Waals surface area contributed by atoms with Crippen LogP contribution in [0, 0.1) is 11.6 Å². The Bertz CT molecular complexity index is 2390. The fourth-order valence-corrected chi connectivity index (χ4v) is 8.53. The molecule has 2 amide bonds. The number of alkyl halides is 5. The summed E-state index contributed by atoms with van der Waals surface area (Å²) >= 11 is 0. The number of halogens is 7. The number of amides is 2. The van der Waals surface area contributed by atoms with Gasteiger partial charge >= 0.3 is 12.7 Å². The summed E-state index contributed by atoms with van der Waals surface area (Å²) in [6, 6.07) is 4.67. The summed E-state index contributed by atoms with van der Waals surface area (Å²) in [6.07, 6.45) is 0.164. The molecule has 1 saturated carbocycles. The summed E-state index contributed by atoms with van der Waals surface area (Å²) < 4.78 is 104. The highest BCUT2D eigenvalue weighted by atomic mass is 19.4. The molecule has 2 unspecified atom stereocenters. The number of likely N-dealkylation sites (tertiary alicyclic amines) is 1. The monoisotopic (exact) mass is 800 g/mol. The molecule has 5 aromatic rings. The molecule has 2 fully saturated rings. The first-order valence-corrected chi connectivity index (χ1v) is 18.5. The number of benzene rings is 1. The fraction of sp³-hybridized carbons (Fsp3) is 0.474. The van der Waals surface area contributed by atoms with Gasteiger partial charge in [0, 0.05) is 48.9 Å². The molecule has 3 aliphatic rings. The Labute approximate surface area is 321 Å². The predicted octanol–water partition coefficient (Wildman–Crippen LogP) is 6.05. The number of carbonyl (C=O) groups is 2. The van der Waals surface area contributed by atoms with Crippen molar-refractivity contribution in [3.05, 3.63) is 82.6 Å². The summed E-state index contributed by atoms with van der Waals surface area (Å²) in [5, 5.41) is 14.7. The number of piperidine rings is 1. The number of aromatic nitrogens is 7. The molecular weight excluding hydrogens is 761 g/mol. The molecule has 1 N–H and O–H groups in total. The Hall–Kier alpha value is -5.33. The first-order valence-electron chi connectivity index (χ1n) is 18.5. The molecule has 0 bridgehead atoms. The van der Waals surface area contributed by atoms with Gasteiger partial charge < -0.3 is 15.1 Å². The van der Waals surface area contributed by atoms with Gasteiger partial charge in [0.1, 0.15) is 22.6 Å². The molecule has 2 atom stereocenters. The van der Waals surface area contributed by atoms with Crippen LogP contribution in [0.4, 0.5) is 30.7 Å². The molecule has 6 heterocycles. The number of aryl methyl sites for hydroxylation is 1. The average molecular weight is 801 g/mol. The largest absolute Gasteiger partial charge is 0.435 e. The summed E-state index contributed by atoms with van der Waals surface area (Å²) in [6.45, 7) is 1.30. The zero-order valence-electron chi connectivity index (χ0n) is 31.4. The van der Waals surface area contributed by atoms with Gasteiger partial charge in [0.15, 0.2) is 11.5 Å². The van der Waals surface area contributed by atoms with Crippen LogP contribution in [0.3, 0.4) is 0 Å². The lowest BCUT2D eigenvalue weighted by molar-refractivity contribution is -0.141. The molecule has 1 aliphatic carbocycles. The molecule has 12 nitrogen and oxygen atoms in total. The number of nitrogens with zero attached hydrogens (tertiary/aromatic N) is 9. The average Bonchev–Trinajstić information content (AvgIpc) is 3.41. The number of pyridine rings is 1. The fourth-order valence-electron chi connectivity index (χ4n) is 8.53. The van der Waals surface area contributed by atoms with Gasteiger partial charge in [0.2, 0.25) is 5.91 Å². The quantitative estimate of drug-likeness (QED) is 0.181. The van der Waals surface area contributed by atoms with E-state index in [9.17, 15) is 31.5 Å². The Kier molecular flexibility index (Phi) is 9.23. The van der Waals surface area contributed by atoms with E-state index in [1.807, 2.05) is 7.05 Å². The van der Waals surface area contributed by atoms with Crippen molar-refractivity contribution in [2.45, 2.75) is 81.7 Å². The third-order valence-electron chi connectivity index (χ3n) is 11.5. The number of rotatable bonds is 9. The minimum atomic E-state index is -4.71. The number of carbonyl (C=O) groups excluding carboxylic acids is 2. The van der Waals surface area contributed by atoms with Crippen molar-refractivity contribution in [3.8, 4) is 11.3 Å². The molecule has 302 valence electrons. The van der Waals surface area contributed by atoms with E-state index in [-0.39, 0.29) is 59.8 Å². The maximum Gasteiger partial charge on any atom is 0.435 e. The minimum absolute atomic E-state index is 0.0186. The van der Waals surface area contributed by atoms with Crippen LogP contribution in [0.15, 0.2) is 42.9 Å². The maximum atomic E-state index is 15.8. The van der Waals surface area contributed by atoms with Crippen molar-refractivity contribution in [1.82, 2.24) is 49.4 Å². The standard InChI is InChI=1S/C38H39F7N10O2/c1-36(2,19-55-28(14-30(50-55)38(43,44)45)20-7-10-51(3)11-8-20)49-34(57)37(15-24(37)21-16-47-54(18-21)35(41)42)53-12-9-22-23(5-6-25(39)31(22)33(53)56)32-26(40)13-29-27(48-32)17-46-52(29)4/h5-6,13-14,16-18,20,24,35H,7-12,15,19H2,1-4H3,(H,49,57). The second-order valence-electron chi connectivity index (χ2n) is 15.9. The lowest BCUT2D eigenvalue weighted by Gasteiger charge is -2.39. The Morgan fingerprint density at radius 3 is 2.44 bits per heavy atom. The highest BCUT2D eigenvalue weighted by Gasteiger charge is 2.67. The molecule has 1 aromatic carbocycles. The van der Waals surface area contributed by atoms with E-state index in [2.05, 4.69) is 30.5 Å². The van der Waals surface area contributed by atoms with Crippen molar-refractivity contribution < 1.29 is 40.3 Å². The van der Waals surface area contributed by atoms with E-state index in [0.717, 1.165) is 18.3 Å². The smallest absolute Gasteiger partial charge is 0.347 e. The zero-order chi connectivity index (χ0) is 40.8. The Balaban J connectivity index is 1.14. The predicted molar refractivity (Wildman–Crippen MR) is 191 cm³/mol. The van der Waals surface area contributed by atoms with E-state index in [1.165, 1.54) is 38.8 Å². The molecule has 8 rings (SSSR count). The van der Waals surface area contributed by atoms with Crippen LogP contribution in [0.2, 0.25) is 0 Å². The third-order valence-corrected chi connectivity index (χ3v) is 11.5. The van der Waals surface area contributed by atoms with Crippen LogP contribution in [0.25, 0.3) is 22.3 Å². The number of fused-ring (bicyclic) bond motifs is 2. The summed E-state index contributed by atoms with van der Waals surface area (Å²) in [5.74, 6) is -4.27. The first kappa shape index (κ1) is 38.5. The van der Waals surface area contributed by atoms with E-state index in [0.29, 0.717) is 47.3 Å². The van der Waals surface area contributed by atoms with Gasteiger partial charge in [-0.2, -0.15) is 37.2 Å². The number of nitrogens with one attached hydrogen (secondary N) is 1. The Morgan fingerprint density at radius 1 is 1.02 bits per heavy atom. The van der Waals surface area contributed by atoms with Crippen molar-refractivity contribution in [3.63, 3.8) is 0 Å². The molecule has 4 aromatic heterocycles. The second-order valence-corrected chi connectivity index (χ2v) is 15.9. The van der Waals surface area contributed by atoms with Gasteiger partial charge in [-0.1, -0.05) is 0 Å². The minimum Gasteiger partial charge on any atom is -0.347 e. The third kappa shape index (κ3) is 6.72. The van der Waals surface area contributed by atoms with Crippen molar-refractivity contribution in [2.24, 2.45) is 7.05 Å². The van der Waals surface area contributed by atoms with Gasteiger partial charge in [0.25, 0.3) is 5.91 Å². The molecule has 0 radical (unpaired) electrons. The lowest BCUT2D eigenvalue weighted by atomic mass is 9.89. The summed E-state index contributed by atoms with van der Waals surface area (Å²) in [4.78, 5) is 36.9. The van der Waals surface area contributed by atoms with E-state index in [4.69, 9.17) is 0 Å². The van der Waals surface area contributed by atoms with Crippen LogP contribution in [-0.4, -0.2) is 93.7 Å². The number of hydrogen-bond donors (Lipinski definition) is 1. The molecule has 19 heteroatoms. The summed E-state index contributed by atoms with van der Waals surface area (Å²) in [5.41, 5.74) is -2.74. The topological polar surface area (TPSA) is 119 Å². The second kappa shape index (κ2) is 13.7. The van der Waals surface area contributed by atoms with E-state index < -0.39 is 58.9 Å². The maximum absolute atomic E-state index is 15.8. The Morgan fingerprint density at radius 2 is 1.75 bits per heavy atom. The first-order chi connectivity index (χ1) is 26.9. The van der Waals surface area contributed by atoms with Gasteiger partial charge in [-0.05, 0) is 89.0 Å². The van der Waals surface area contributed by atoms with Gasteiger partial charge in [-0.25, -0.2) is 18.4 Å². The van der Waals surface area contributed by atoms with Gasteiger partial charge in [0.05, 0.1) is 35.6 Å². The highest BCUT2D eigenvalue weighted by molar-refractivity contribution is 6.04. The van der Waals surface area contributed by atoms with Crippen LogP contribution >= 0.6 is 0 Å². The van der Waals surface area contributed by atoms with Crippen molar-refractivity contribution >= 4 is 22.8 Å². The van der Waals surface area contributed by atoms with Crippen molar-refractivity contribution in [1.29, 1.82) is 0 Å². The molecule has 1 saturated heterocycles. The van der Waals surface area contributed by atoms with Crippen LogP contribution in [-0.2, 0) is 31.0 Å². The SMILES string of the molecule is CN1CCC(c2cc(C(F)(F)F)nn2CC(C)(C)NC(=O)C2(N3CCc4c(-c5nc6cnn(C)c6cc5F)ccc(F)c4C3=O)CC2c2cnn(C(F)F)c2)CC1. The lowest BCUT2D eigenvalue weighted by Crippen LogP contribution is -2.59. The van der Waals surface area contributed by atoms with Crippen LogP contribution in [0.1, 0.15) is 84.4 Å².